The minimum Gasteiger partial charge on any atom is -0.480 e. The highest BCUT2D eigenvalue weighted by Gasteiger charge is 2.30. The molecule has 1 aromatic rings. The molecule has 90 valence electrons. The summed E-state index contributed by atoms with van der Waals surface area (Å²) in [5, 5.41) is 19.2. The van der Waals surface area contributed by atoms with Gasteiger partial charge in [0.1, 0.15) is 6.20 Å². The van der Waals surface area contributed by atoms with Gasteiger partial charge in [-0.05, 0) is 6.07 Å². The SMILES string of the molecule is COC(=O)C(C(=O)O)c1ccc([N+](=O)[O-])cn1. The molecule has 1 N–H and O–H groups in total. The highest BCUT2D eigenvalue weighted by molar-refractivity contribution is 5.99. The van der Waals surface area contributed by atoms with Gasteiger partial charge in [0.05, 0.1) is 17.7 Å². The minimum absolute atomic E-state index is 0.116. The van der Waals surface area contributed by atoms with Gasteiger partial charge < -0.3 is 9.84 Å². The summed E-state index contributed by atoms with van der Waals surface area (Å²) >= 11 is 0. The number of ether oxygens (including phenoxy) is 1. The first-order valence-corrected chi connectivity index (χ1v) is 4.38. The zero-order valence-electron chi connectivity index (χ0n) is 8.69. The van der Waals surface area contributed by atoms with Crippen LogP contribution < -0.4 is 0 Å². The number of nitrogens with zero attached hydrogens (tertiary/aromatic N) is 2. The van der Waals surface area contributed by atoms with Crippen LogP contribution >= 0.6 is 0 Å². The first kappa shape index (κ1) is 12.6. The van der Waals surface area contributed by atoms with Crippen LogP contribution in [0.15, 0.2) is 18.3 Å². The summed E-state index contributed by atoms with van der Waals surface area (Å²) < 4.78 is 4.31. The zero-order valence-corrected chi connectivity index (χ0v) is 8.69. The molecule has 1 rings (SSSR count). The van der Waals surface area contributed by atoms with E-state index >= 15 is 0 Å². The van der Waals surface area contributed by atoms with Crippen molar-refractivity contribution in [2.75, 3.05) is 7.11 Å². The molecule has 0 aliphatic rings. The van der Waals surface area contributed by atoms with Gasteiger partial charge >= 0.3 is 11.9 Å². The molecule has 1 unspecified atom stereocenters. The monoisotopic (exact) mass is 240 g/mol. The molecule has 0 aromatic carbocycles. The average molecular weight is 240 g/mol. The molecule has 8 heteroatoms. The number of aliphatic carboxylic acids is 1. The van der Waals surface area contributed by atoms with Crippen LogP contribution in [-0.2, 0) is 14.3 Å². The predicted molar refractivity (Wildman–Crippen MR) is 53.3 cm³/mol. The Morgan fingerprint density at radius 2 is 2.18 bits per heavy atom. The molecule has 0 amide bonds. The Bertz CT molecular complexity index is 455. The molecular weight excluding hydrogens is 232 g/mol. The number of nitro groups is 1. The Kier molecular flexibility index (Phi) is 3.70. The number of carbonyl (C=O) groups is 2. The third-order valence-corrected chi connectivity index (χ3v) is 1.96. The van der Waals surface area contributed by atoms with E-state index in [1.54, 1.807) is 0 Å². The lowest BCUT2D eigenvalue weighted by molar-refractivity contribution is -0.385. The summed E-state index contributed by atoms with van der Waals surface area (Å²) in [6.07, 6.45) is 0.883. The van der Waals surface area contributed by atoms with Gasteiger partial charge in [0.15, 0.2) is 5.92 Å². The molecule has 0 radical (unpaired) electrons. The van der Waals surface area contributed by atoms with Crippen LogP contribution in [0.3, 0.4) is 0 Å². The summed E-state index contributed by atoms with van der Waals surface area (Å²) in [5.41, 5.74) is -0.405. The molecule has 0 saturated heterocycles. The Labute approximate surface area is 95.0 Å². The summed E-state index contributed by atoms with van der Waals surface area (Å²) in [6.45, 7) is 0. The van der Waals surface area contributed by atoms with Crippen molar-refractivity contribution in [2.45, 2.75) is 5.92 Å². The quantitative estimate of drug-likeness (QED) is 0.348. The van der Waals surface area contributed by atoms with Gasteiger partial charge in [-0.3, -0.25) is 24.7 Å². The van der Waals surface area contributed by atoms with Crippen molar-refractivity contribution in [3.05, 3.63) is 34.1 Å². The minimum atomic E-state index is -1.58. The van der Waals surface area contributed by atoms with Crippen LogP contribution in [0, 0.1) is 10.1 Å². The van der Waals surface area contributed by atoms with Crippen molar-refractivity contribution in [1.29, 1.82) is 0 Å². The van der Waals surface area contributed by atoms with E-state index < -0.39 is 22.8 Å². The van der Waals surface area contributed by atoms with E-state index in [9.17, 15) is 19.7 Å². The largest absolute Gasteiger partial charge is 0.480 e. The lowest BCUT2D eigenvalue weighted by Crippen LogP contribution is -2.23. The molecule has 0 bridgehead atoms. The van der Waals surface area contributed by atoms with Crippen LogP contribution in [0.2, 0.25) is 0 Å². The second-order valence-corrected chi connectivity index (χ2v) is 2.99. The zero-order chi connectivity index (χ0) is 13.0. The number of esters is 1. The maximum atomic E-state index is 11.2. The highest BCUT2D eigenvalue weighted by atomic mass is 16.6. The van der Waals surface area contributed by atoms with Crippen molar-refractivity contribution >= 4 is 17.6 Å². The van der Waals surface area contributed by atoms with Crippen molar-refractivity contribution in [2.24, 2.45) is 0 Å². The highest BCUT2D eigenvalue weighted by Crippen LogP contribution is 2.18. The standard InChI is InChI=1S/C9H8N2O6/c1-17-9(14)7(8(12)13)6-3-2-5(4-10-6)11(15)16/h2-4,7H,1H3,(H,12,13). The molecule has 0 saturated carbocycles. The van der Waals surface area contributed by atoms with Crippen molar-refractivity contribution in [3.8, 4) is 0 Å². The topological polar surface area (TPSA) is 120 Å². The maximum Gasteiger partial charge on any atom is 0.326 e. The fourth-order valence-electron chi connectivity index (χ4n) is 1.14. The summed E-state index contributed by atoms with van der Waals surface area (Å²) in [4.78, 5) is 35.3. The number of pyridine rings is 1. The van der Waals surface area contributed by atoms with E-state index in [0.29, 0.717) is 0 Å². The Hall–Kier alpha value is -2.51. The second-order valence-electron chi connectivity index (χ2n) is 2.99. The van der Waals surface area contributed by atoms with Crippen molar-refractivity contribution in [3.63, 3.8) is 0 Å². The molecule has 8 nitrogen and oxygen atoms in total. The Balaban J connectivity index is 3.08. The first-order chi connectivity index (χ1) is 7.97. The van der Waals surface area contributed by atoms with Crippen LogP contribution in [0.25, 0.3) is 0 Å². The van der Waals surface area contributed by atoms with Crippen LogP contribution in [0.5, 0.6) is 0 Å². The fraction of sp³-hybridized carbons (Fsp3) is 0.222. The lowest BCUT2D eigenvalue weighted by Gasteiger charge is -2.08. The molecule has 17 heavy (non-hydrogen) atoms. The molecule has 0 fully saturated rings. The molecular formula is C9H8N2O6. The van der Waals surface area contributed by atoms with E-state index in [-0.39, 0.29) is 11.4 Å². The molecule has 1 atom stereocenters. The predicted octanol–water partition coefficient (Wildman–Crippen LogP) is 0.331. The second kappa shape index (κ2) is 5.01. The van der Waals surface area contributed by atoms with E-state index in [1.807, 2.05) is 0 Å². The number of rotatable bonds is 4. The van der Waals surface area contributed by atoms with Crippen molar-refractivity contribution < 1.29 is 24.4 Å². The summed E-state index contributed by atoms with van der Waals surface area (Å²) in [5.74, 6) is -4.00. The van der Waals surface area contributed by atoms with E-state index in [4.69, 9.17) is 5.11 Å². The third-order valence-electron chi connectivity index (χ3n) is 1.96. The summed E-state index contributed by atoms with van der Waals surface area (Å²) in [6, 6.07) is 2.18. The maximum absolute atomic E-state index is 11.2. The number of methoxy groups -OCH3 is 1. The number of carboxylic acid groups (broad SMARTS) is 1. The normalized spacial score (nSPS) is 11.6. The Morgan fingerprint density at radius 3 is 2.53 bits per heavy atom. The van der Waals surface area contributed by atoms with Crippen LogP contribution in [-0.4, -0.2) is 34.1 Å². The summed E-state index contributed by atoms with van der Waals surface area (Å²) in [7, 11) is 1.05. The van der Waals surface area contributed by atoms with E-state index in [2.05, 4.69) is 9.72 Å². The lowest BCUT2D eigenvalue weighted by atomic mass is 10.1. The number of hydrogen-bond donors (Lipinski definition) is 1. The van der Waals surface area contributed by atoms with Gasteiger partial charge in [-0.15, -0.1) is 0 Å². The Morgan fingerprint density at radius 1 is 1.53 bits per heavy atom. The third kappa shape index (κ3) is 2.74. The van der Waals surface area contributed by atoms with Crippen LogP contribution in [0.4, 0.5) is 5.69 Å². The van der Waals surface area contributed by atoms with Gasteiger partial charge in [0.2, 0.25) is 0 Å². The van der Waals surface area contributed by atoms with E-state index in [1.165, 1.54) is 0 Å². The molecule has 1 aromatic heterocycles. The number of aromatic nitrogens is 1. The molecule has 0 spiro atoms. The van der Waals surface area contributed by atoms with Crippen LogP contribution in [0.1, 0.15) is 11.6 Å². The van der Waals surface area contributed by atoms with E-state index in [0.717, 1.165) is 25.4 Å². The number of carbonyl (C=O) groups excluding carboxylic acids is 1. The van der Waals surface area contributed by atoms with Gasteiger partial charge in [0.25, 0.3) is 5.69 Å². The van der Waals surface area contributed by atoms with Gasteiger partial charge in [-0.1, -0.05) is 0 Å². The van der Waals surface area contributed by atoms with Gasteiger partial charge in [0, 0.05) is 6.07 Å². The fourth-order valence-corrected chi connectivity index (χ4v) is 1.14. The molecule has 0 aliphatic heterocycles. The number of carboxylic acids is 1. The molecule has 0 aliphatic carbocycles. The van der Waals surface area contributed by atoms with Gasteiger partial charge in [-0.25, -0.2) is 0 Å². The smallest absolute Gasteiger partial charge is 0.326 e. The first-order valence-electron chi connectivity index (χ1n) is 4.38. The number of hydrogen-bond acceptors (Lipinski definition) is 6. The molecule has 1 heterocycles. The van der Waals surface area contributed by atoms with Gasteiger partial charge in [-0.2, -0.15) is 0 Å². The average Bonchev–Trinajstić information content (AvgIpc) is 2.29. The van der Waals surface area contributed by atoms with Crippen molar-refractivity contribution in [1.82, 2.24) is 4.98 Å².